The van der Waals surface area contributed by atoms with Crippen LogP contribution in [0.5, 0.6) is 0 Å². The number of likely N-dealkylation sites (tertiary alicyclic amines) is 1. The topological polar surface area (TPSA) is 56.1 Å². The van der Waals surface area contributed by atoms with Gasteiger partial charge in [0.15, 0.2) is 0 Å². The quantitative estimate of drug-likeness (QED) is 0.870. The minimum absolute atomic E-state index is 0.126. The first-order chi connectivity index (χ1) is 11.0. The Balaban J connectivity index is 2.01. The van der Waals surface area contributed by atoms with E-state index in [9.17, 15) is 4.79 Å². The molecule has 0 unspecified atom stereocenters. The molecule has 4 nitrogen and oxygen atoms in total. The van der Waals surface area contributed by atoms with Crippen molar-refractivity contribution in [2.24, 2.45) is 11.8 Å². The highest BCUT2D eigenvalue weighted by Crippen LogP contribution is 2.26. The van der Waals surface area contributed by atoms with E-state index in [0.717, 1.165) is 25.2 Å². The van der Waals surface area contributed by atoms with Crippen molar-refractivity contribution in [1.82, 2.24) is 10.2 Å². The predicted octanol–water partition coefficient (Wildman–Crippen LogP) is 2.49. The predicted molar refractivity (Wildman–Crippen MR) is 95.1 cm³/mol. The second-order valence-corrected chi connectivity index (χ2v) is 7.39. The number of carbonyl (C=O) groups is 1. The lowest BCUT2D eigenvalue weighted by Crippen LogP contribution is -2.42. The van der Waals surface area contributed by atoms with E-state index in [0.29, 0.717) is 23.2 Å². The summed E-state index contributed by atoms with van der Waals surface area (Å²) >= 11 is 1.55. The number of hydrogen-bond acceptors (Lipinski definition) is 4. The molecule has 0 aliphatic carbocycles. The summed E-state index contributed by atoms with van der Waals surface area (Å²) in [5.41, 5.74) is 1.86. The number of nitriles is 1. The van der Waals surface area contributed by atoms with Gasteiger partial charge in [-0.3, -0.25) is 9.69 Å². The molecule has 1 fully saturated rings. The van der Waals surface area contributed by atoms with Crippen LogP contribution < -0.4 is 5.32 Å². The molecular weight excluding hydrogens is 306 g/mol. The molecule has 0 aromatic heterocycles. The maximum atomic E-state index is 11.9. The molecule has 1 saturated heterocycles. The van der Waals surface area contributed by atoms with Crippen LogP contribution in [0.1, 0.15) is 25.0 Å². The van der Waals surface area contributed by atoms with E-state index in [-0.39, 0.29) is 11.9 Å². The van der Waals surface area contributed by atoms with Crippen molar-refractivity contribution in [3.05, 3.63) is 35.4 Å². The van der Waals surface area contributed by atoms with Crippen LogP contribution >= 0.6 is 11.8 Å². The molecule has 2 rings (SSSR count). The molecule has 5 heteroatoms. The minimum atomic E-state index is 0.126. The lowest BCUT2D eigenvalue weighted by atomic mass is 9.91. The highest BCUT2D eigenvalue weighted by atomic mass is 32.2. The highest BCUT2D eigenvalue weighted by molar-refractivity contribution is 7.99. The summed E-state index contributed by atoms with van der Waals surface area (Å²) in [6.45, 7) is 7.13. The smallest absolute Gasteiger partial charge is 0.230 e. The molecule has 23 heavy (non-hydrogen) atoms. The first-order valence-electron chi connectivity index (χ1n) is 8.03. The molecular formula is C18H25N3OS. The second-order valence-electron chi connectivity index (χ2n) is 6.52. The van der Waals surface area contributed by atoms with Crippen molar-refractivity contribution < 1.29 is 4.79 Å². The summed E-state index contributed by atoms with van der Waals surface area (Å²) < 4.78 is 0. The molecule has 1 aliphatic heterocycles. The van der Waals surface area contributed by atoms with E-state index in [1.807, 2.05) is 24.5 Å². The zero-order valence-electron chi connectivity index (χ0n) is 14.1. The summed E-state index contributed by atoms with van der Waals surface area (Å²) in [6.07, 6.45) is 1.95. The lowest BCUT2D eigenvalue weighted by Gasteiger charge is -2.22. The van der Waals surface area contributed by atoms with Crippen LogP contribution in [0.2, 0.25) is 0 Å². The van der Waals surface area contributed by atoms with Gasteiger partial charge in [-0.1, -0.05) is 26.0 Å². The zero-order valence-corrected chi connectivity index (χ0v) is 14.9. The summed E-state index contributed by atoms with van der Waals surface area (Å²) in [6, 6.07) is 10.2. The van der Waals surface area contributed by atoms with Crippen LogP contribution in [0, 0.1) is 23.2 Å². The Bertz CT molecular complexity index is 582. The van der Waals surface area contributed by atoms with Crippen LogP contribution in [0.15, 0.2) is 24.3 Å². The van der Waals surface area contributed by atoms with Gasteiger partial charge < -0.3 is 5.32 Å². The SMILES string of the molecule is CSCC(=O)N[C@@H]1CN(Cc2cccc(C#N)c2)C[C@H]1C(C)C. The Kier molecular flexibility index (Phi) is 6.49. The Morgan fingerprint density at radius 2 is 2.26 bits per heavy atom. The summed E-state index contributed by atoms with van der Waals surface area (Å²) in [5, 5.41) is 12.2. The molecule has 1 heterocycles. The molecule has 0 bridgehead atoms. The third-order valence-electron chi connectivity index (χ3n) is 4.38. The van der Waals surface area contributed by atoms with Crippen LogP contribution in [0.25, 0.3) is 0 Å². The van der Waals surface area contributed by atoms with Crippen molar-refractivity contribution in [1.29, 1.82) is 5.26 Å². The molecule has 1 aromatic rings. The maximum Gasteiger partial charge on any atom is 0.230 e. The number of rotatable bonds is 6. The van der Waals surface area contributed by atoms with E-state index in [2.05, 4.69) is 36.2 Å². The largest absolute Gasteiger partial charge is 0.351 e. The van der Waals surface area contributed by atoms with Crippen molar-refractivity contribution in [3.63, 3.8) is 0 Å². The average Bonchev–Trinajstić information content (AvgIpc) is 2.90. The molecule has 1 N–H and O–H groups in total. The van der Waals surface area contributed by atoms with Gasteiger partial charge in [-0.05, 0) is 35.8 Å². The van der Waals surface area contributed by atoms with E-state index in [1.165, 1.54) is 0 Å². The van der Waals surface area contributed by atoms with Gasteiger partial charge in [0.2, 0.25) is 5.91 Å². The summed E-state index contributed by atoms with van der Waals surface area (Å²) in [5.74, 6) is 1.65. The maximum absolute atomic E-state index is 11.9. The molecule has 1 aromatic carbocycles. The van der Waals surface area contributed by atoms with Crippen molar-refractivity contribution in [2.75, 3.05) is 25.1 Å². The number of thioether (sulfide) groups is 1. The number of hydrogen-bond donors (Lipinski definition) is 1. The van der Waals surface area contributed by atoms with Crippen LogP contribution in [0.3, 0.4) is 0 Å². The number of nitrogens with zero attached hydrogens (tertiary/aromatic N) is 2. The molecule has 1 aliphatic rings. The fraction of sp³-hybridized carbons (Fsp3) is 0.556. The van der Waals surface area contributed by atoms with E-state index < -0.39 is 0 Å². The van der Waals surface area contributed by atoms with E-state index in [1.54, 1.807) is 11.8 Å². The minimum Gasteiger partial charge on any atom is -0.351 e. The fourth-order valence-electron chi connectivity index (χ4n) is 3.25. The molecule has 0 spiro atoms. The fourth-order valence-corrected chi connectivity index (χ4v) is 3.59. The first-order valence-corrected chi connectivity index (χ1v) is 9.42. The third-order valence-corrected chi connectivity index (χ3v) is 4.93. The van der Waals surface area contributed by atoms with Crippen molar-refractivity contribution >= 4 is 17.7 Å². The van der Waals surface area contributed by atoms with Gasteiger partial charge >= 0.3 is 0 Å². The molecule has 1 amide bonds. The van der Waals surface area contributed by atoms with E-state index in [4.69, 9.17) is 5.26 Å². The van der Waals surface area contributed by atoms with Crippen molar-refractivity contribution in [3.8, 4) is 6.07 Å². The Labute approximate surface area is 143 Å². The van der Waals surface area contributed by atoms with Gasteiger partial charge in [0, 0.05) is 25.7 Å². The van der Waals surface area contributed by atoms with Gasteiger partial charge in [0.1, 0.15) is 0 Å². The number of nitrogens with one attached hydrogen (secondary N) is 1. The normalized spacial score (nSPS) is 21.3. The first kappa shape index (κ1) is 17.8. The Hall–Kier alpha value is -1.51. The Morgan fingerprint density at radius 3 is 2.91 bits per heavy atom. The van der Waals surface area contributed by atoms with Crippen LogP contribution in [-0.4, -0.2) is 41.9 Å². The summed E-state index contributed by atoms with van der Waals surface area (Å²) in [7, 11) is 0. The Morgan fingerprint density at radius 1 is 1.48 bits per heavy atom. The molecule has 0 radical (unpaired) electrons. The average molecular weight is 331 g/mol. The monoisotopic (exact) mass is 331 g/mol. The number of carbonyl (C=O) groups excluding carboxylic acids is 1. The highest BCUT2D eigenvalue weighted by Gasteiger charge is 2.35. The number of amides is 1. The van der Waals surface area contributed by atoms with E-state index >= 15 is 0 Å². The van der Waals surface area contributed by atoms with Crippen LogP contribution in [0.4, 0.5) is 0 Å². The van der Waals surface area contributed by atoms with Gasteiger partial charge in [-0.15, -0.1) is 0 Å². The molecule has 0 saturated carbocycles. The third kappa shape index (κ3) is 4.98. The standard InChI is InChI=1S/C18H25N3OS/c1-13(2)16-10-21(11-17(16)20-18(22)12-23-3)9-15-6-4-5-14(7-15)8-19/h4-7,13,16-17H,9-12H2,1-3H3,(H,20,22)/t16-,17+/m0/s1. The van der Waals surface area contributed by atoms with Gasteiger partial charge in [0.05, 0.1) is 17.4 Å². The second kappa shape index (κ2) is 8.37. The van der Waals surface area contributed by atoms with Crippen molar-refractivity contribution in [2.45, 2.75) is 26.4 Å². The molecule has 2 atom stereocenters. The lowest BCUT2D eigenvalue weighted by molar-refractivity contribution is -0.119. The van der Waals surface area contributed by atoms with Gasteiger partial charge in [0.25, 0.3) is 0 Å². The van der Waals surface area contributed by atoms with Crippen LogP contribution in [-0.2, 0) is 11.3 Å². The van der Waals surface area contributed by atoms with Gasteiger partial charge in [-0.2, -0.15) is 17.0 Å². The molecule has 124 valence electrons. The zero-order chi connectivity index (χ0) is 16.8. The number of benzene rings is 1. The van der Waals surface area contributed by atoms with Gasteiger partial charge in [-0.25, -0.2) is 0 Å². The summed E-state index contributed by atoms with van der Waals surface area (Å²) in [4.78, 5) is 14.3.